The SMILES string of the molecule is CN(C)CCN1CC(C(=O)NCc2cc(=O)c(O)cn2C)CC1=O. The molecule has 1 aromatic heterocycles. The van der Waals surface area contributed by atoms with Gasteiger partial charge in [0.2, 0.25) is 17.2 Å². The maximum atomic E-state index is 12.3. The van der Waals surface area contributed by atoms with Crippen molar-refractivity contribution >= 4 is 11.8 Å². The summed E-state index contributed by atoms with van der Waals surface area (Å²) in [5, 5.41) is 12.1. The van der Waals surface area contributed by atoms with Crippen LogP contribution >= 0.6 is 0 Å². The molecule has 24 heavy (non-hydrogen) atoms. The van der Waals surface area contributed by atoms with Gasteiger partial charge in [-0.25, -0.2) is 0 Å². The fourth-order valence-electron chi connectivity index (χ4n) is 2.64. The summed E-state index contributed by atoms with van der Waals surface area (Å²) in [6.45, 7) is 1.97. The molecular formula is C16H24N4O4. The molecule has 2 N–H and O–H groups in total. The van der Waals surface area contributed by atoms with E-state index < -0.39 is 5.43 Å². The van der Waals surface area contributed by atoms with E-state index >= 15 is 0 Å². The number of nitrogens with one attached hydrogen (secondary N) is 1. The van der Waals surface area contributed by atoms with Crippen molar-refractivity contribution in [3.63, 3.8) is 0 Å². The van der Waals surface area contributed by atoms with Crippen LogP contribution in [0.5, 0.6) is 5.75 Å². The van der Waals surface area contributed by atoms with Crippen LogP contribution in [0.15, 0.2) is 17.1 Å². The molecule has 1 fully saturated rings. The van der Waals surface area contributed by atoms with Gasteiger partial charge in [-0.1, -0.05) is 0 Å². The van der Waals surface area contributed by atoms with Gasteiger partial charge in [-0.05, 0) is 14.1 Å². The highest BCUT2D eigenvalue weighted by molar-refractivity contribution is 5.89. The van der Waals surface area contributed by atoms with Gasteiger partial charge in [-0.3, -0.25) is 14.4 Å². The number of hydrogen-bond donors (Lipinski definition) is 2. The molecule has 1 saturated heterocycles. The normalized spacial score (nSPS) is 17.6. The van der Waals surface area contributed by atoms with Crippen LogP contribution in [0.25, 0.3) is 0 Å². The Morgan fingerprint density at radius 1 is 1.42 bits per heavy atom. The first-order valence-corrected chi connectivity index (χ1v) is 7.86. The fraction of sp³-hybridized carbons (Fsp3) is 0.562. The lowest BCUT2D eigenvalue weighted by atomic mass is 10.1. The van der Waals surface area contributed by atoms with Crippen molar-refractivity contribution in [2.24, 2.45) is 13.0 Å². The molecule has 0 radical (unpaired) electrons. The van der Waals surface area contributed by atoms with Gasteiger partial charge in [-0.15, -0.1) is 0 Å². The molecule has 8 heteroatoms. The van der Waals surface area contributed by atoms with E-state index in [1.165, 1.54) is 12.3 Å². The number of nitrogens with zero attached hydrogens (tertiary/aromatic N) is 3. The molecule has 0 aromatic carbocycles. The number of rotatable bonds is 6. The molecule has 1 unspecified atom stereocenters. The third-order valence-electron chi connectivity index (χ3n) is 4.17. The molecule has 1 aliphatic heterocycles. The topological polar surface area (TPSA) is 94.9 Å². The molecule has 132 valence electrons. The highest BCUT2D eigenvalue weighted by Crippen LogP contribution is 2.17. The number of pyridine rings is 1. The minimum atomic E-state index is -0.483. The monoisotopic (exact) mass is 336 g/mol. The van der Waals surface area contributed by atoms with E-state index in [0.29, 0.717) is 18.8 Å². The summed E-state index contributed by atoms with van der Waals surface area (Å²) in [7, 11) is 5.56. The second-order valence-corrected chi connectivity index (χ2v) is 6.39. The number of carbonyl (C=O) groups is 2. The van der Waals surface area contributed by atoms with E-state index in [-0.39, 0.29) is 36.4 Å². The van der Waals surface area contributed by atoms with E-state index in [0.717, 1.165) is 6.54 Å². The number of amides is 2. The minimum Gasteiger partial charge on any atom is -0.503 e. The van der Waals surface area contributed by atoms with Crippen LogP contribution in [0.4, 0.5) is 0 Å². The van der Waals surface area contributed by atoms with Crippen molar-refractivity contribution in [3.05, 3.63) is 28.2 Å². The zero-order valence-electron chi connectivity index (χ0n) is 14.3. The minimum absolute atomic E-state index is 0.00552. The zero-order chi connectivity index (χ0) is 17.9. The summed E-state index contributed by atoms with van der Waals surface area (Å²) in [6, 6.07) is 1.29. The standard InChI is InChI=1S/C16H24N4O4/c1-18(2)4-5-20-9-11(6-15(20)23)16(24)17-8-12-7-13(21)14(22)10-19(12)3/h7,10-11,22H,4-6,8-9H2,1-3H3,(H,17,24). The average molecular weight is 336 g/mol. The Labute approximate surface area is 140 Å². The van der Waals surface area contributed by atoms with Crippen molar-refractivity contribution < 1.29 is 14.7 Å². The van der Waals surface area contributed by atoms with Gasteiger partial charge in [-0.2, -0.15) is 0 Å². The van der Waals surface area contributed by atoms with Gasteiger partial charge in [0.25, 0.3) is 0 Å². The summed E-state index contributed by atoms with van der Waals surface area (Å²) < 4.78 is 1.58. The molecule has 1 atom stereocenters. The highest BCUT2D eigenvalue weighted by Gasteiger charge is 2.33. The van der Waals surface area contributed by atoms with E-state index in [2.05, 4.69) is 5.32 Å². The Bertz CT molecular complexity index is 683. The molecule has 8 nitrogen and oxygen atoms in total. The molecule has 0 aliphatic carbocycles. The summed E-state index contributed by atoms with van der Waals surface area (Å²) >= 11 is 0. The van der Waals surface area contributed by atoms with Gasteiger partial charge in [0.1, 0.15) is 0 Å². The fourth-order valence-corrected chi connectivity index (χ4v) is 2.64. The first kappa shape index (κ1) is 18.0. The first-order valence-electron chi connectivity index (χ1n) is 7.86. The third-order valence-corrected chi connectivity index (χ3v) is 4.17. The van der Waals surface area contributed by atoms with Crippen molar-refractivity contribution in [1.82, 2.24) is 19.7 Å². The van der Waals surface area contributed by atoms with Crippen molar-refractivity contribution in [1.29, 1.82) is 0 Å². The Hall–Kier alpha value is -2.35. The van der Waals surface area contributed by atoms with Gasteiger partial charge in [0, 0.05) is 51.1 Å². The molecule has 1 aromatic rings. The van der Waals surface area contributed by atoms with Crippen LogP contribution < -0.4 is 10.7 Å². The number of likely N-dealkylation sites (N-methyl/N-ethyl adjacent to an activating group) is 1. The summed E-state index contributed by atoms with van der Waals surface area (Å²) in [5.74, 6) is -0.899. The summed E-state index contributed by atoms with van der Waals surface area (Å²) in [4.78, 5) is 39.4. The Balaban J connectivity index is 1.91. The van der Waals surface area contributed by atoms with Crippen molar-refractivity contribution in [2.45, 2.75) is 13.0 Å². The second kappa shape index (κ2) is 7.48. The second-order valence-electron chi connectivity index (χ2n) is 6.39. The van der Waals surface area contributed by atoms with Gasteiger partial charge < -0.3 is 24.8 Å². The highest BCUT2D eigenvalue weighted by atomic mass is 16.3. The third kappa shape index (κ3) is 4.35. The predicted octanol–water partition coefficient (Wildman–Crippen LogP) is -0.883. The lowest BCUT2D eigenvalue weighted by Gasteiger charge is -2.19. The summed E-state index contributed by atoms with van der Waals surface area (Å²) in [5.41, 5.74) is 0.100. The molecule has 0 spiro atoms. The molecule has 1 aliphatic rings. The van der Waals surface area contributed by atoms with Crippen molar-refractivity contribution in [2.75, 3.05) is 33.7 Å². The van der Waals surface area contributed by atoms with E-state index in [4.69, 9.17) is 0 Å². The maximum Gasteiger partial charge on any atom is 0.225 e. The number of aryl methyl sites for hydroxylation is 1. The average Bonchev–Trinajstić information content (AvgIpc) is 2.88. The number of carbonyl (C=O) groups excluding carboxylic acids is 2. The van der Waals surface area contributed by atoms with Crippen LogP contribution in [0.2, 0.25) is 0 Å². The van der Waals surface area contributed by atoms with Crippen LogP contribution in [0, 0.1) is 5.92 Å². The van der Waals surface area contributed by atoms with Crippen LogP contribution in [-0.4, -0.2) is 65.0 Å². The van der Waals surface area contributed by atoms with E-state index in [1.54, 1.807) is 16.5 Å². The zero-order valence-corrected chi connectivity index (χ0v) is 14.3. The van der Waals surface area contributed by atoms with Gasteiger partial charge in [0.15, 0.2) is 5.75 Å². The molecular weight excluding hydrogens is 312 g/mol. The van der Waals surface area contributed by atoms with Gasteiger partial charge in [0.05, 0.1) is 12.5 Å². The lowest BCUT2D eigenvalue weighted by molar-refractivity contribution is -0.129. The Kier molecular flexibility index (Phi) is 5.61. The molecule has 2 amide bonds. The number of hydrogen-bond acceptors (Lipinski definition) is 5. The Morgan fingerprint density at radius 3 is 2.79 bits per heavy atom. The van der Waals surface area contributed by atoms with Crippen LogP contribution in [-0.2, 0) is 23.2 Å². The molecule has 2 rings (SSSR count). The van der Waals surface area contributed by atoms with E-state index in [9.17, 15) is 19.5 Å². The number of aromatic hydroxyl groups is 1. The lowest BCUT2D eigenvalue weighted by Crippen LogP contribution is -2.35. The number of likely N-dealkylation sites (tertiary alicyclic amines) is 1. The van der Waals surface area contributed by atoms with Crippen LogP contribution in [0.1, 0.15) is 12.1 Å². The smallest absolute Gasteiger partial charge is 0.225 e. The molecule has 0 saturated carbocycles. The van der Waals surface area contributed by atoms with E-state index in [1.807, 2.05) is 19.0 Å². The van der Waals surface area contributed by atoms with Crippen LogP contribution in [0.3, 0.4) is 0 Å². The molecule has 2 heterocycles. The Morgan fingerprint density at radius 2 is 2.12 bits per heavy atom. The predicted molar refractivity (Wildman–Crippen MR) is 88.4 cm³/mol. The largest absolute Gasteiger partial charge is 0.503 e. The summed E-state index contributed by atoms with van der Waals surface area (Å²) in [6.07, 6.45) is 1.53. The van der Waals surface area contributed by atoms with Gasteiger partial charge >= 0.3 is 0 Å². The number of aromatic nitrogens is 1. The molecule has 0 bridgehead atoms. The maximum absolute atomic E-state index is 12.3. The van der Waals surface area contributed by atoms with Crippen molar-refractivity contribution in [3.8, 4) is 5.75 Å². The first-order chi connectivity index (χ1) is 11.3. The quantitative estimate of drug-likeness (QED) is 0.703.